The summed E-state index contributed by atoms with van der Waals surface area (Å²) in [5.74, 6) is 2.78. The predicted molar refractivity (Wildman–Crippen MR) is 83.5 cm³/mol. The lowest BCUT2D eigenvalue weighted by atomic mass is 9.82. The summed E-state index contributed by atoms with van der Waals surface area (Å²) in [6.07, 6.45) is 1.81. The van der Waals surface area contributed by atoms with Crippen molar-refractivity contribution in [2.75, 3.05) is 31.7 Å². The van der Waals surface area contributed by atoms with Gasteiger partial charge in [0.25, 0.3) is 0 Å². The molecule has 0 radical (unpaired) electrons. The van der Waals surface area contributed by atoms with Crippen molar-refractivity contribution in [1.82, 2.24) is 5.32 Å². The monoisotopic (exact) mass is 309 g/mol. The molecule has 3 unspecified atom stereocenters. The van der Waals surface area contributed by atoms with Gasteiger partial charge in [0.15, 0.2) is 9.84 Å². The summed E-state index contributed by atoms with van der Waals surface area (Å²) in [6, 6.07) is 8.20. The van der Waals surface area contributed by atoms with Crippen molar-refractivity contribution in [3.05, 3.63) is 29.8 Å². The van der Waals surface area contributed by atoms with Crippen molar-refractivity contribution < 1.29 is 13.2 Å². The van der Waals surface area contributed by atoms with Crippen LogP contribution in [0.25, 0.3) is 0 Å². The number of hydrogen-bond donors (Lipinski definition) is 1. The molecule has 3 rings (SSSR count). The van der Waals surface area contributed by atoms with Crippen LogP contribution < -0.4 is 10.1 Å². The van der Waals surface area contributed by atoms with Gasteiger partial charge in [-0.05, 0) is 44.3 Å². The summed E-state index contributed by atoms with van der Waals surface area (Å²) in [5.41, 5.74) is 1.28. The third kappa shape index (κ3) is 3.24. The number of ether oxygens (including phenoxy) is 1. The van der Waals surface area contributed by atoms with E-state index in [0.717, 1.165) is 31.7 Å². The van der Waals surface area contributed by atoms with Crippen LogP contribution in [0.4, 0.5) is 0 Å². The fraction of sp³-hybridized carbons (Fsp3) is 0.625. The Morgan fingerprint density at radius 1 is 1.38 bits per heavy atom. The Morgan fingerprint density at radius 2 is 2.19 bits per heavy atom. The van der Waals surface area contributed by atoms with E-state index in [-0.39, 0.29) is 5.92 Å². The number of hydrogen-bond acceptors (Lipinski definition) is 4. The molecule has 0 saturated carbocycles. The van der Waals surface area contributed by atoms with Gasteiger partial charge in [-0.2, -0.15) is 0 Å². The Bertz CT molecular complexity index is 599. The highest BCUT2D eigenvalue weighted by molar-refractivity contribution is 7.91. The van der Waals surface area contributed by atoms with Crippen molar-refractivity contribution in [2.24, 2.45) is 11.8 Å². The van der Waals surface area contributed by atoms with Crippen LogP contribution in [0.15, 0.2) is 24.3 Å². The average Bonchev–Trinajstić information content (AvgIpc) is 3.02. The van der Waals surface area contributed by atoms with Crippen molar-refractivity contribution in [2.45, 2.75) is 18.8 Å². The fourth-order valence-electron chi connectivity index (χ4n) is 3.69. The van der Waals surface area contributed by atoms with Crippen LogP contribution in [0.5, 0.6) is 5.75 Å². The summed E-state index contributed by atoms with van der Waals surface area (Å²) >= 11 is 0. The van der Waals surface area contributed by atoms with Gasteiger partial charge >= 0.3 is 0 Å². The number of benzene rings is 1. The van der Waals surface area contributed by atoms with E-state index >= 15 is 0 Å². The van der Waals surface area contributed by atoms with E-state index in [2.05, 4.69) is 11.4 Å². The minimum Gasteiger partial charge on any atom is -0.493 e. The SMILES string of the molecule is CNCC(CC1COc2ccccc21)C1CCS(=O)(=O)C1. The molecule has 2 aliphatic rings. The maximum absolute atomic E-state index is 11.7. The van der Waals surface area contributed by atoms with Crippen LogP contribution in [-0.4, -0.2) is 40.1 Å². The third-order valence-corrected chi connectivity index (χ3v) is 6.58. The van der Waals surface area contributed by atoms with E-state index in [1.54, 1.807) is 0 Å². The van der Waals surface area contributed by atoms with Crippen LogP contribution >= 0.6 is 0 Å². The van der Waals surface area contributed by atoms with Crippen molar-refractivity contribution >= 4 is 9.84 Å². The molecule has 1 N–H and O–H groups in total. The minimum atomic E-state index is -2.81. The Morgan fingerprint density at radius 3 is 2.90 bits per heavy atom. The van der Waals surface area contributed by atoms with Gasteiger partial charge in [0.2, 0.25) is 0 Å². The number of sulfone groups is 1. The van der Waals surface area contributed by atoms with Crippen LogP contribution in [0, 0.1) is 11.8 Å². The number of nitrogens with one attached hydrogen (secondary N) is 1. The first-order valence-electron chi connectivity index (χ1n) is 7.66. The molecule has 0 spiro atoms. The molecule has 116 valence electrons. The Kier molecular flexibility index (Phi) is 4.22. The molecule has 21 heavy (non-hydrogen) atoms. The molecule has 1 fully saturated rings. The van der Waals surface area contributed by atoms with Gasteiger partial charge in [-0.15, -0.1) is 0 Å². The second-order valence-electron chi connectivity index (χ2n) is 6.26. The molecular weight excluding hydrogens is 286 g/mol. The summed E-state index contributed by atoms with van der Waals surface area (Å²) in [5, 5.41) is 3.23. The number of rotatable bonds is 5. The second-order valence-corrected chi connectivity index (χ2v) is 8.49. The van der Waals surface area contributed by atoms with Gasteiger partial charge in [0.05, 0.1) is 18.1 Å². The van der Waals surface area contributed by atoms with Crippen LogP contribution in [-0.2, 0) is 9.84 Å². The molecule has 0 amide bonds. The maximum Gasteiger partial charge on any atom is 0.150 e. The highest BCUT2D eigenvalue weighted by atomic mass is 32.2. The van der Waals surface area contributed by atoms with Crippen LogP contribution in [0.2, 0.25) is 0 Å². The minimum absolute atomic E-state index is 0.287. The van der Waals surface area contributed by atoms with E-state index < -0.39 is 9.84 Å². The quantitative estimate of drug-likeness (QED) is 0.901. The van der Waals surface area contributed by atoms with Gasteiger partial charge in [0, 0.05) is 11.5 Å². The smallest absolute Gasteiger partial charge is 0.150 e. The normalized spacial score (nSPS) is 28.0. The largest absolute Gasteiger partial charge is 0.493 e. The molecule has 5 heteroatoms. The summed E-state index contributed by atoms with van der Waals surface area (Å²) < 4.78 is 29.2. The molecule has 1 aromatic rings. The molecule has 1 aromatic carbocycles. The highest BCUT2D eigenvalue weighted by Crippen LogP contribution is 2.40. The van der Waals surface area contributed by atoms with Gasteiger partial charge in [-0.25, -0.2) is 8.42 Å². The standard InChI is InChI=1S/C16H23NO3S/c1-17-9-13(12-6-7-21(18,19)11-12)8-14-10-20-16-5-3-2-4-15(14)16/h2-5,12-14,17H,6-11H2,1H3. The topological polar surface area (TPSA) is 55.4 Å². The predicted octanol–water partition coefficient (Wildman–Crippen LogP) is 1.82. The molecule has 2 aliphatic heterocycles. The zero-order valence-corrected chi connectivity index (χ0v) is 13.2. The zero-order valence-electron chi connectivity index (χ0n) is 12.4. The zero-order chi connectivity index (χ0) is 14.9. The Balaban J connectivity index is 1.72. The molecule has 0 aromatic heterocycles. The molecule has 0 aliphatic carbocycles. The van der Waals surface area contributed by atoms with Crippen molar-refractivity contribution in [3.63, 3.8) is 0 Å². The second kappa shape index (κ2) is 5.97. The van der Waals surface area contributed by atoms with E-state index in [0.29, 0.717) is 23.3 Å². The van der Waals surface area contributed by atoms with Crippen LogP contribution in [0.1, 0.15) is 24.3 Å². The van der Waals surface area contributed by atoms with E-state index in [4.69, 9.17) is 4.74 Å². The van der Waals surface area contributed by atoms with Crippen LogP contribution in [0.3, 0.4) is 0 Å². The van der Waals surface area contributed by atoms with E-state index in [1.807, 2.05) is 25.2 Å². The van der Waals surface area contributed by atoms with Gasteiger partial charge in [0.1, 0.15) is 5.75 Å². The summed E-state index contributed by atoms with van der Waals surface area (Å²) in [6.45, 7) is 1.60. The first-order valence-corrected chi connectivity index (χ1v) is 9.48. The molecule has 0 bridgehead atoms. The lowest BCUT2D eigenvalue weighted by Crippen LogP contribution is -2.28. The van der Waals surface area contributed by atoms with E-state index in [9.17, 15) is 8.42 Å². The molecular formula is C16H23NO3S. The molecule has 1 saturated heterocycles. The first kappa shape index (κ1) is 14.9. The highest BCUT2D eigenvalue weighted by Gasteiger charge is 2.36. The Hall–Kier alpha value is -1.07. The fourth-order valence-corrected chi connectivity index (χ4v) is 5.61. The third-order valence-electron chi connectivity index (χ3n) is 4.79. The Labute approximate surface area is 126 Å². The van der Waals surface area contributed by atoms with Crippen molar-refractivity contribution in [1.29, 1.82) is 0 Å². The van der Waals surface area contributed by atoms with E-state index in [1.165, 1.54) is 5.56 Å². The van der Waals surface area contributed by atoms with Gasteiger partial charge in [-0.3, -0.25) is 0 Å². The lowest BCUT2D eigenvalue weighted by molar-refractivity contribution is 0.269. The number of fused-ring (bicyclic) bond motifs is 1. The summed E-state index contributed by atoms with van der Waals surface area (Å²) in [4.78, 5) is 0. The average molecular weight is 309 g/mol. The van der Waals surface area contributed by atoms with Crippen molar-refractivity contribution in [3.8, 4) is 5.75 Å². The lowest BCUT2D eigenvalue weighted by Gasteiger charge is -2.25. The van der Waals surface area contributed by atoms with Gasteiger partial charge < -0.3 is 10.1 Å². The van der Waals surface area contributed by atoms with Gasteiger partial charge in [-0.1, -0.05) is 18.2 Å². The molecule has 3 atom stereocenters. The first-order chi connectivity index (χ1) is 10.1. The summed E-state index contributed by atoms with van der Waals surface area (Å²) in [7, 11) is -0.872. The maximum atomic E-state index is 11.7. The molecule has 2 heterocycles. The molecule has 4 nitrogen and oxygen atoms in total. The number of para-hydroxylation sites is 1.